The summed E-state index contributed by atoms with van der Waals surface area (Å²) in [5.41, 5.74) is 1.93. The molecule has 0 spiro atoms. The Morgan fingerprint density at radius 1 is 1.25 bits per heavy atom. The summed E-state index contributed by atoms with van der Waals surface area (Å²) in [6.07, 6.45) is 8.77. The fourth-order valence-electron chi connectivity index (χ4n) is 3.56. The summed E-state index contributed by atoms with van der Waals surface area (Å²) < 4.78 is 15.2. The van der Waals surface area contributed by atoms with Gasteiger partial charge in [0.05, 0.1) is 12.5 Å². The zero-order chi connectivity index (χ0) is 19.8. The van der Waals surface area contributed by atoms with Crippen LogP contribution in [0.3, 0.4) is 0 Å². The normalized spacial score (nSPS) is 15.7. The number of nitrogens with zero attached hydrogens (tertiary/aromatic N) is 2. The molecule has 1 aromatic carbocycles. The molecule has 0 unspecified atom stereocenters. The number of thiazole rings is 1. The fourth-order valence-corrected chi connectivity index (χ4v) is 4.56. The van der Waals surface area contributed by atoms with E-state index in [0.29, 0.717) is 19.0 Å². The minimum atomic E-state index is -0.264. The third kappa shape index (κ3) is 6.03. The number of halogens is 1. The molecule has 2 aromatic rings. The maximum atomic E-state index is 13.0. The Morgan fingerprint density at radius 2 is 2.00 bits per heavy atom. The summed E-state index contributed by atoms with van der Waals surface area (Å²) in [7, 11) is 0. The number of nitrogens with one attached hydrogen (secondary N) is 1. The first-order valence-electron chi connectivity index (χ1n) is 10.4. The van der Waals surface area contributed by atoms with E-state index in [-0.39, 0.29) is 11.7 Å². The summed E-state index contributed by atoms with van der Waals surface area (Å²) >= 11 is 1.65. The molecule has 0 aliphatic heterocycles. The van der Waals surface area contributed by atoms with Gasteiger partial charge in [-0.05, 0) is 37.0 Å². The number of amides is 1. The van der Waals surface area contributed by atoms with Gasteiger partial charge in [-0.15, -0.1) is 11.3 Å². The quantitative estimate of drug-likeness (QED) is 0.689. The van der Waals surface area contributed by atoms with E-state index < -0.39 is 0 Å². The van der Waals surface area contributed by atoms with E-state index in [0.717, 1.165) is 35.4 Å². The first kappa shape index (κ1) is 20.8. The molecule has 1 N–H and O–H groups in total. The minimum absolute atomic E-state index is 0.0170. The Labute approximate surface area is 170 Å². The molecule has 6 heteroatoms. The van der Waals surface area contributed by atoms with Crippen LogP contribution in [0.1, 0.15) is 63.1 Å². The van der Waals surface area contributed by atoms with Crippen LogP contribution in [0.15, 0.2) is 34.6 Å². The summed E-state index contributed by atoms with van der Waals surface area (Å²) in [4.78, 5) is 18.5. The standard InChI is InChI=1S/C22H30FN3OS/c1-2-3-13-26-20(16-28-22(26)25-19-7-5-4-6-8-19)14-21(27)24-15-17-9-11-18(23)12-10-17/h9-12,16,19H,2-8,13-15H2,1H3,(H,24,27). The number of unbranched alkanes of at least 4 members (excludes halogenated alkanes) is 1. The monoisotopic (exact) mass is 403 g/mol. The van der Waals surface area contributed by atoms with Crippen LogP contribution < -0.4 is 10.1 Å². The van der Waals surface area contributed by atoms with Crippen molar-refractivity contribution in [1.29, 1.82) is 0 Å². The molecule has 0 saturated heterocycles. The smallest absolute Gasteiger partial charge is 0.226 e. The molecule has 1 amide bonds. The molecule has 1 fully saturated rings. The number of rotatable bonds is 8. The molecule has 1 saturated carbocycles. The Morgan fingerprint density at radius 3 is 2.71 bits per heavy atom. The first-order valence-corrected chi connectivity index (χ1v) is 11.3. The van der Waals surface area contributed by atoms with Crippen molar-refractivity contribution in [2.24, 2.45) is 4.99 Å². The van der Waals surface area contributed by atoms with Gasteiger partial charge in [0.15, 0.2) is 4.80 Å². The lowest BCUT2D eigenvalue weighted by molar-refractivity contribution is -0.120. The number of hydrogen-bond donors (Lipinski definition) is 1. The van der Waals surface area contributed by atoms with Crippen LogP contribution >= 0.6 is 11.3 Å². The van der Waals surface area contributed by atoms with E-state index in [1.165, 1.54) is 44.2 Å². The van der Waals surface area contributed by atoms with Crippen LogP contribution in [0, 0.1) is 5.82 Å². The predicted octanol–water partition coefficient (Wildman–Crippen LogP) is 4.58. The summed E-state index contributed by atoms with van der Waals surface area (Å²) in [6.45, 7) is 3.50. The van der Waals surface area contributed by atoms with Crippen molar-refractivity contribution in [3.8, 4) is 0 Å². The van der Waals surface area contributed by atoms with Crippen LogP contribution in [0.25, 0.3) is 0 Å². The number of carbonyl (C=O) groups excluding carboxylic acids is 1. The van der Waals surface area contributed by atoms with Gasteiger partial charge in [0.1, 0.15) is 5.82 Å². The molecule has 1 aliphatic rings. The molecular formula is C22H30FN3OS. The SMILES string of the molecule is CCCCn1c(CC(=O)NCc2ccc(F)cc2)csc1=NC1CCCCC1. The topological polar surface area (TPSA) is 46.4 Å². The molecular weight excluding hydrogens is 373 g/mol. The average Bonchev–Trinajstić information content (AvgIpc) is 3.07. The van der Waals surface area contributed by atoms with Crippen molar-refractivity contribution in [1.82, 2.24) is 9.88 Å². The van der Waals surface area contributed by atoms with Gasteiger partial charge in [0.25, 0.3) is 0 Å². The maximum absolute atomic E-state index is 13.0. The second-order valence-corrected chi connectivity index (χ2v) is 8.35. The van der Waals surface area contributed by atoms with Gasteiger partial charge in [-0.3, -0.25) is 9.79 Å². The highest BCUT2D eigenvalue weighted by molar-refractivity contribution is 7.07. The summed E-state index contributed by atoms with van der Waals surface area (Å²) in [5.74, 6) is -0.281. The van der Waals surface area contributed by atoms with E-state index in [1.807, 2.05) is 0 Å². The highest BCUT2D eigenvalue weighted by atomic mass is 32.1. The number of benzene rings is 1. The highest BCUT2D eigenvalue weighted by Crippen LogP contribution is 2.20. The average molecular weight is 404 g/mol. The molecule has 1 aromatic heterocycles. The molecule has 0 bridgehead atoms. The lowest BCUT2D eigenvalue weighted by atomic mass is 9.96. The van der Waals surface area contributed by atoms with Crippen LogP contribution in [0.5, 0.6) is 0 Å². The lowest BCUT2D eigenvalue weighted by Crippen LogP contribution is -2.28. The van der Waals surface area contributed by atoms with E-state index in [1.54, 1.807) is 23.5 Å². The van der Waals surface area contributed by atoms with Crippen LogP contribution in [0.2, 0.25) is 0 Å². The van der Waals surface area contributed by atoms with Gasteiger partial charge < -0.3 is 9.88 Å². The molecule has 152 valence electrons. The van der Waals surface area contributed by atoms with Crippen LogP contribution in [-0.2, 0) is 24.3 Å². The van der Waals surface area contributed by atoms with Crippen molar-refractivity contribution in [3.63, 3.8) is 0 Å². The minimum Gasteiger partial charge on any atom is -0.352 e. The summed E-state index contributed by atoms with van der Waals surface area (Å²) in [5, 5.41) is 5.02. The highest BCUT2D eigenvalue weighted by Gasteiger charge is 2.14. The van der Waals surface area contributed by atoms with Gasteiger partial charge in [0.2, 0.25) is 5.91 Å². The Kier molecular flexibility index (Phi) is 7.83. The van der Waals surface area contributed by atoms with Crippen LogP contribution in [-0.4, -0.2) is 16.5 Å². The summed E-state index contributed by atoms with van der Waals surface area (Å²) in [6, 6.07) is 6.65. The van der Waals surface area contributed by atoms with Gasteiger partial charge in [-0.25, -0.2) is 4.39 Å². The van der Waals surface area contributed by atoms with Gasteiger partial charge in [0, 0.05) is 24.2 Å². The third-order valence-electron chi connectivity index (χ3n) is 5.23. The van der Waals surface area contributed by atoms with Crippen molar-refractivity contribution in [3.05, 3.63) is 51.5 Å². The molecule has 1 heterocycles. The molecule has 0 atom stereocenters. The number of hydrogen-bond acceptors (Lipinski definition) is 3. The molecule has 1 aliphatic carbocycles. The Balaban J connectivity index is 1.66. The van der Waals surface area contributed by atoms with Crippen LogP contribution in [0.4, 0.5) is 4.39 Å². The second kappa shape index (κ2) is 10.6. The zero-order valence-corrected chi connectivity index (χ0v) is 17.4. The van der Waals surface area contributed by atoms with E-state index >= 15 is 0 Å². The first-order chi connectivity index (χ1) is 13.7. The number of carbonyl (C=O) groups is 1. The van der Waals surface area contributed by atoms with Gasteiger partial charge in [-0.1, -0.05) is 44.7 Å². The van der Waals surface area contributed by atoms with Crippen molar-refractivity contribution >= 4 is 17.2 Å². The molecule has 3 rings (SSSR count). The van der Waals surface area contributed by atoms with Gasteiger partial charge in [-0.2, -0.15) is 0 Å². The van der Waals surface area contributed by atoms with E-state index in [2.05, 4.69) is 22.2 Å². The molecule has 28 heavy (non-hydrogen) atoms. The van der Waals surface area contributed by atoms with Crippen molar-refractivity contribution < 1.29 is 9.18 Å². The Bertz CT molecular complexity index is 819. The lowest BCUT2D eigenvalue weighted by Gasteiger charge is -2.17. The number of aromatic nitrogens is 1. The third-order valence-corrected chi connectivity index (χ3v) is 6.15. The fraction of sp³-hybridized carbons (Fsp3) is 0.545. The Hall–Kier alpha value is -1.95. The zero-order valence-electron chi connectivity index (χ0n) is 16.6. The largest absolute Gasteiger partial charge is 0.352 e. The van der Waals surface area contributed by atoms with Crippen molar-refractivity contribution in [2.75, 3.05) is 0 Å². The molecule has 0 radical (unpaired) electrons. The van der Waals surface area contributed by atoms with E-state index in [9.17, 15) is 9.18 Å². The molecule has 4 nitrogen and oxygen atoms in total. The van der Waals surface area contributed by atoms with Gasteiger partial charge >= 0.3 is 0 Å². The predicted molar refractivity (Wildman–Crippen MR) is 112 cm³/mol. The second-order valence-electron chi connectivity index (χ2n) is 7.52. The maximum Gasteiger partial charge on any atom is 0.226 e. The van der Waals surface area contributed by atoms with Crippen molar-refractivity contribution in [2.45, 2.75) is 77.4 Å². The van der Waals surface area contributed by atoms with E-state index in [4.69, 9.17) is 4.99 Å².